The lowest BCUT2D eigenvalue weighted by Crippen LogP contribution is -2.16. The summed E-state index contributed by atoms with van der Waals surface area (Å²) in [5, 5.41) is 36.5. The first-order valence-corrected chi connectivity index (χ1v) is 6.81. The molecule has 0 heterocycles. The number of hydrogen-bond acceptors (Lipinski definition) is 8. The molecular formula is C14H11N5O6. The van der Waals surface area contributed by atoms with E-state index in [1.54, 1.807) is 30.3 Å². The molecule has 0 aromatic heterocycles. The van der Waals surface area contributed by atoms with Crippen molar-refractivity contribution in [1.29, 1.82) is 0 Å². The highest BCUT2D eigenvalue weighted by atomic mass is 16.6. The van der Waals surface area contributed by atoms with E-state index in [-0.39, 0.29) is 11.4 Å². The molecule has 25 heavy (non-hydrogen) atoms. The third-order valence-corrected chi connectivity index (χ3v) is 3.09. The van der Waals surface area contributed by atoms with Crippen LogP contribution in [0.15, 0.2) is 53.6 Å². The van der Waals surface area contributed by atoms with Gasteiger partial charge in [0.2, 0.25) is 6.54 Å². The van der Waals surface area contributed by atoms with Gasteiger partial charge in [-0.3, -0.25) is 35.8 Å². The van der Waals surface area contributed by atoms with Gasteiger partial charge in [0.1, 0.15) is 11.4 Å². The molecule has 0 saturated heterocycles. The molecule has 0 bridgehead atoms. The molecule has 1 N–H and O–H groups in total. The van der Waals surface area contributed by atoms with E-state index in [0.717, 1.165) is 18.2 Å². The fourth-order valence-corrected chi connectivity index (χ4v) is 1.95. The summed E-state index contributed by atoms with van der Waals surface area (Å²) in [6.07, 6.45) is 0. The van der Waals surface area contributed by atoms with Crippen molar-refractivity contribution < 1.29 is 14.8 Å². The summed E-state index contributed by atoms with van der Waals surface area (Å²) >= 11 is 0. The summed E-state index contributed by atoms with van der Waals surface area (Å²) in [7, 11) is 0. The van der Waals surface area contributed by atoms with Crippen LogP contribution in [0.4, 0.5) is 17.1 Å². The van der Waals surface area contributed by atoms with Crippen LogP contribution in [-0.4, -0.2) is 27.0 Å². The molecular weight excluding hydrogens is 334 g/mol. The molecule has 0 amide bonds. The van der Waals surface area contributed by atoms with Crippen LogP contribution in [-0.2, 0) is 0 Å². The Balaban J connectivity index is 2.38. The highest BCUT2D eigenvalue weighted by Gasteiger charge is 2.20. The largest absolute Gasteiger partial charge is 0.301 e. The van der Waals surface area contributed by atoms with Crippen LogP contribution in [0, 0.1) is 30.3 Å². The predicted octanol–water partition coefficient (Wildman–Crippen LogP) is 2.60. The first-order valence-electron chi connectivity index (χ1n) is 6.81. The lowest BCUT2D eigenvalue weighted by atomic mass is 10.1. The van der Waals surface area contributed by atoms with E-state index in [9.17, 15) is 30.3 Å². The summed E-state index contributed by atoms with van der Waals surface area (Å²) in [5.74, 6) is 0. The molecule has 2 aromatic rings. The number of nitrogens with zero attached hydrogens (tertiary/aromatic N) is 4. The Kier molecular flexibility index (Phi) is 5.30. The number of nitrogens with one attached hydrogen (secondary N) is 1. The quantitative estimate of drug-likeness (QED) is 0.459. The van der Waals surface area contributed by atoms with Gasteiger partial charge < -0.3 is 0 Å². The maximum atomic E-state index is 11.1. The van der Waals surface area contributed by atoms with Crippen molar-refractivity contribution >= 4 is 22.8 Å². The molecule has 0 aliphatic rings. The minimum Gasteiger partial charge on any atom is -0.271 e. The Morgan fingerprint density at radius 2 is 1.64 bits per heavy atom. The predicted molar refractivity (Wildman–Crippen MR) is 88.2 cm³/mol. The van der Waals surface area contributed by atoms with Gasteiger partial charge >= 0.3 is 5.69 Å². The number of nitro groups is 3. The monoisotopic (exact) mass is 345 g/mol. The first-order chi connectivity index (χ1) is 11.9. The Morgan fingerprint density at radius 3 is 2.20 bits per heavy atom. The smallest absolute Gasteiger partial charge is 0.271 e. The zero-order valence-electron chi connectivity index (χ0n) is 12.6. The van der Waals surface area contributed by atoms with Gasteiger partial charge in [0, 0.05) is 16.6 Å². The summed E-state index contributed by atoms with van der Waals surface area (Å²) in [5.41, 5.74) is 1.78. The summed E-state index contributed by atoms with van der Waals surface area (Å²) < 4.78 is 0. The number of non-ortho nitro benzene ring substituents is 1. The average molecular weight is 345 g/mol. The average Bonchev–Trinajstić information content (AvgIpc) is 2.58. The van der Waals surface area contributed by atoms with Crippen LogP contribution in [0.25, 0.3) is 0 Å². The van der Waals surface area contributed by atoms with Gasteiger partial charge in [-0.25, -0.2) is 0 Å². The lowest BCUT2D eigenvalue weighted by Gasteiger charge is -2.05. The number of nitro benzene ring substituents is 2. The fraction of sp³-hybridized carbons (Fsp3) is 0.0714. The van der Waals surface area contributed by atoms with Crippen molar-refractivity contribution in [2.24, 2.45) is 5.10 Å². The summed E-state index contributed by atoms with van der Waals surface area (Å²) in [4.78, 5) is 30.4. The molecule has 0 aliphatic carbocycles. The van der Waals surface area contributed by atoms with Gasteiger partial charge in [0.05, 0.1) is 15.9 Å². The highest BCUT2D eigenvalue weighted by molar-refractivity contribution is 6.01. The molecule has 0 unspecified atom stereocenters. The van der Waals surface area contributed by atoms with Crippen LogP contribution >= 0.6 is 0 Å². The van der Waals surface area contributed by atoms with Crippen molar-refractivity contribution in [2.75, 3.05) is 12.0 Å². The van der Waals surface area contributed by atoms with Gasteiger partial charge in [-0.05, 0) is 6.07 Å². The third kappa shape index (κ3) is 4.54. The Labute approximate surface area is 140 Å². The Bertz CT molecular complexity index is 852. The Hall–Kier alpha value is -3.89. The van der Waals surface area contributed by atoms with Crippen molar-refractivity contribution in [3.63, 3.8) is 0 Å². The molecule has 0 radical (unpaired) electrons. The van der Waals surface area contributed by atoms with Gasteiger partial charge in [0.15, 0.2) is 0 Å². The molecule has 0 fully saturated rings. The van der Waals surface area contributed by atoms with Crippen molar-refractivity contribution in [3.05, 3.63) is 84.4 Å². The van der Waals surface area contributed by atoms with Gasteiger partial charge in [-0.15, -0.1) is 0 Å². The fourth-order valence-electron chi connectivity index (χ4n) is 1.95. The normalized spacial score (nSPS) is 11.0. The maximum absolute atomic E-state index is 11.1. The first kappa shape index (κ1) is 17.5. The Morgan fingerprint density at radius 1 is 0.960 bits per heavy atom. The minimum atomic E-state index is -0.805. The van der Waals surface area contributed by atoms with Crippen molar-refractivity contribution in [2.45, 2.75) is 0 Å². The van der Waals surface area contributed by atoms with Crippen LogP contribution < -0.4 is 5.43 Å². The van der Waals surface area contributed by atoms with E-state index in [2.05, 4.69) is 10.5 Å². The second-order valence-corrected chi connectivity index (χ2v) is 4.74. The molecule has 2 rings (SSSR count). The van der Waals surface area contributed by atoms with E-state index in [1.165, 1.54) is 0 Å². The third-order valence-electron chi connectivity index (χ3n) is 3.09. The number of benzene rings is 2. The molecule has 0 aliphatic heterocycles. The van der Waals surface area contributed by atoms with E-state index in [4.69, 9.17) is 0 Å². The van der Waals surface area contributed by atoms with Gasteiger partial charge in [-0.1, -0.05) is 30.3 Å². The standard InChI is InChI=1S/C14H11N5O6/c20-17(21)9-13(10-4-2-1-3-5-10)16-15-12-7-6-11(18(22)23)8-14(12)19(24)25/h1-8,15H,9H2. The zero-order chi connectivity index (χ0) is 18.4. The molecule has 11 heteroatoms. The molecule has 11 nitrogen and oxygen atoms in total. The number of rotatable bonds is 7. The summed E-state index contributed by atoms with van der Waals surface area (Å²) in [6.45, 7) is -0.599. The van der Waals surface area contributed by atoms with Gasteiger partial charge in [-0.2, -0.15) is 5.10 Å². The van der Waals surface area contributed by atoms with Crippen LogP contribution in [0.3, 0.4) is 0 Å². The van der Waals surface area contributed by atoms with E-state index >= 15 is 0 Å². The topological polar surface area (TPSA) is 154 Å². The second kappa shape index (κ2) is 7.59. The van der Waals surface area contributed by atoms with Crippen LogP contribution in [0.5, 0.6) is 0 Å². The summed E-state index contributed by atoms with van der Waals surface area (Å²) in [6, 6.07) is 11.2. The van der Waals surface area contributed by atoms with E-state index in [0.29, 0.717) is 5.56 Å². The van der Waals surface area contributed by atoms with E-state index in [1.807, 2.05) is 0 Å². The van der Waals surface area contributed by atoms with Crippen LogP contribution in [0.2, 0.25) is 0 Å². The number of hydrazone groups is 1. The number of hydrogen-bond donors (Lipinski definition) is 1. The van der Waals surface area contributed by atoms with Crippen molar-refractivity contribution in [1.82, 2.24) is 0 Å². The number of anilines is 1. The maximum Gasteiger partial charge on any atom is 0.301 e. The molecule has 0 atom stereocenters. The molecule has 0 saturated carbocycles. The minimum absolute atomic E-state index is 0.0539. The lowest BCUT2D eigenvalue weighted by molar-refractivity contribution is -0.462. The second-order valence-electron chi connectivity index (χ2n) is 4.74. The molecule has 0 spiro atoms. The van der Waals surface area contributed by atoms with Crippen molar-refractivity contribution in [3.8, 4) is 0 Å². The van der Waals surface area contributed by atoms with Gasteiger partial charge in [0.25, 0.3) is 5.69 Å². The zero-order valence-corrected chi connectivity index (χ0v) is 12.6. The molecule has 2 aromatic carbocycles. The van der Waals surface area contributed by atoms with E-state index < -0.39 is 32.7 Å². The van der Waals surface area contributed by atoms with Crippen LogP contribution in [0.1, 0.15) is 5.56 Å². The molecule has 128 valence electrons. The SMILES string of the molecule is O=[N+]([O-])CC(=NNc1ccc([N+](=O)[O-])cc1[N+](=O)[O-])c1ccccc1. The highest BCUT2D eigenvalue weighted by Crippen LogP contribution is 2.29.